The molecule has 0 amide bonds. The van der Waals surface area contributed by atoms with E-state index in [0.29, 0.717) is 5.56 Å². The highest BCUT2D eigenvalue weighted by molar-refractivity contribution is 5.09. The molecule has 1 aromatic heterocycles. The third kappa shape index (κ3) is 1.48. The summed E-state index contributed by atoms with van der Waals surface area (Å²) in [6.07, 6.45) is 2.14. The van der Waals surface area contributed by atoms with Crippen molar-refractivity contribution in [2.24, 2.45) is 0 Å². The number of aromatic nitrogens is 1. The lowest BCUT2D eigenvalue weighted by Crippen LogP contribution is -1.93. The molecule has 1 heterocycles. The monoisotopic (exact) mass is 127 g/mol. The van der Waals surface area contributed by atoms with Crippen molar-refractivity contribution in [1.82, 2.24) is 4.98 Å². The molecule has 0 aliphatic carbocycles. The van der Waals surface area contributed by atoms with E-state index < -0.39 is 6.29 Å². The minimum absolute atomic E-state index is 0.602. The van der Waals surface area contributed by atoms with E-state index in [9.17, 15) is 0 Å². The molecular formula is C6H7NO2. The fraction of sp³-hybridized carbons (Fsp3) is 0.167. The molecule has 0 aromatic carbocycles. The molecule has 0 aliphatic heterocycles. The zero-order valence-electron chi connectivity index (χ0n) is 6.65. The third-order valence-corrected chi connectivity index (χ3v) is 0.978. The number of aliphatic hydroxyl groups excluding tert-OH is 1. The van der Waals surface area contributed by atoms with Crippen molar-refractivity contribution in [2.75, 3.05) is 0 Å². The lowest BCUT2D eigenvalue weighted by Gasteiger charge is -1.99. The molecule has 0 spiro atoms. The van der Waals surface area contributed by atoms with Crippen LogP contribution in [0.2, 0.25) is 0 Å². The van der Waals surface area contributed by atoms with Crippen LogP contribution in [0.5, 0.6) is 0 Å². The van der Waals surface area contributed by atoms with Gasteiger partial charge in [-0.2, -0.15) is 0 Å². The van der Waals surface area contributed by atoms with Crippen LogP contribution in [0.4, 0.5) is 0 Å². The molecule has 3 heteroatoms. The molecule has 48 valence electrons. The molecular weight excluding hydrogens is 118 g/mol. The maximum absolute atomic E-state index is 6.53. The average molecular weight is 127 g/mol. The number of rotatable bonds is 3. The van der Waals surface area contributed by atoms with Gasteiger partial charge in [0.25, 0.3) is 0 Å². The van der Waals surface area contributed by atoms with Crippen LogP contribution in [0.15, 0.2) is 24.5 Å². The fourth-order valence-corrected chi connectivity index (χ4v) is 0.521. The van der Waals surface area contributed by atoms with E-state index >= 15 is 0 Å². The van der Waals surface area contributed by atoms with E-state index in [4.69, 9.17) is 2.86 Å². The molecule has 0 fully saturated rings. The third-order valence-electron chi connectivity index (χ3n) is 0.978. The first-order valence-electron chi connectivity index (χ1n) is 3.34. The second kappa shape index (κ2) is 2.57. The molecule has 0 bridgehead atoms. The van der Waals surface area contributed by atoms with Crippen molar-refractivity contribution in [3.63, 3.8) is 0 Å². The van der Waals surface area contributed by atoms with Crippen LogP contribution in [0.1, 0.15) is 11.9 Å². The van der Waals surface area contributed by atoms with Crippen LogP contribution in [0, 0.1) is 0 Å². The van der Waals surface area contributed by atoms with Gasteiger partial charge in [0.2, 0.25) is 2.86 Å². The predicted octanol–water partition coefficient (Wildman–Crippen LogP) is 0.0648. The second-order valence-electron chi connectivity index (χ2n) is 1.61. The SMILES string of the molecule is [2H]OC(O[2H])c1ccncc1. The van der Waals surface area contributed by atoms with E-state index in [1.807, 2.05) is 0 Å². The Hall–Kier alpha value is -0.930. The first-order valence-corrected chi connectivity index (χ1v) is 2.52. The number of hydrogen-bond donors (Lipinski definition) is 2. The molecule has 3 nitrogen and oxygen atoms in total. The van der Waals surface area contributed by atoms with Gasteiger partial charge in [0.05, 0.1) is 0 Å². The summed E-state index contributed by atoms with van der Waals surface area (Å²) in [5.41, 5.74) is 0.602. The Morgan fingerprint density at radius 1 is 1.44 bits per heavy atom. The molecule has 1 rings (SSSR count). The largest absolute Gasteiger partial charge is 0.364 e. The summed E-state index contributed by atoms with van der Waals surface area (Å²) in [6, 6.07) is 3.24. The maximum atomic E-state index is 6.53. The summed E-state index contributed by atoms with van der Waals surface area (Å²) in [6.45, 7) is 0. The smallest absolute Gasteiger partial charge is 0.214 e. The highest BCUT2D eigenvalue weighted by atomic mass is 16.5. The normalized spacial score (nSPS) is 13.0. The first-order chi connectivity index (χ1) is 5.38. The van der Waals surface area contributed by atoms with Crippen molar-refractivity contribution in [1.29, 1.82) is 2.86 Å². The Kier molecular flexibility index (Phi) is 1.14. The highest BCUT2D eigenvalue weighted by Gasteiger charge is 1.97. The summed E-state index contributed by atoms with van der Waals surface area (Å²) in [5.74, 6) is 0. The molecule has 1 aromatic rings. The van der Waals surface area contributed by atoms with Gasteiger partial charge < -0.3 is 10.2 Å². The van der Waals surface area contributed by atoms with Crippen molar-refractivity contribution in [2.45, 2.75) is 6.29 Å². The summed E-state index contributed by atoms with van der Waals surface area (Å²) < 4.78 is 13.1. The maximum Gasteiger partial charge on any atom is 0.214 e. The van der Waals surface area contributed by atoms with E-state index in [0.717, 1.165) is 0 Å². The van der Waals surface area contributed by atoms with E-state index in [2.05, 4.69) is 15.2 Å². The van der Waals surface area contributed by atoms with E-state index in [-0.39, 0.29) is 0 Å². The van der Waals surface area contributed by atoms with Crippen LogP contribution in [0.25, 0.3) is 0 Å². The number of nitrogens with zero attached hydrogens (tertiary/aromatic N) is 1. The molecule has 0 saturated heterocycles. The lowest BCUT2D eigenvalue weighted by molar-refractivity contribution is -0.0425. The Bertz CT molecular complexity index is 203. The van der Waals surface area contributed by atoms with Gasteiger partial charge in [-0.15, -0.1) is 0 Å². The van der Waals surface area contributed by atoms with Crippen LogP contribution in [-0.4, -0.2) is 18.1 Å². The van der Waals surface area contributed by atoms with Gasteiger partial charge in [-0.1, -0.05) is 0 Å². The molecule has 0 unspecified atom stereocenters. The van der Waals surface area contributed by atoms with E-state index in [1.54, 1.807) is 24.5 Å². The van der Waals surface area contributed by atoms with Gasteiger partial charge in [-0.3, -0.25) is 4.98 Å². The molecule has 0 radical (unpaired) electrons. The number of aliphatic hydroxyl groups is 2. The Labute approximate surface area is 55.6 Å². The molecule has 9 heavy (non-hydrogen) atoms. The summed E-state index contributed by atoms with van der Waals surface area (Å²) in [4.78, 5) is 3.76. The average Bonchev–Trinajstić information content (AvgIpc) is 2.09. The standard InChI is InChI=1S/C6H7NO2/c8-6(9)5-1-3-7-4-2-5/h1-4,6,8-9H/i8D,9D. The van der Waals surface area contributed by atoms with Crippen LogP contribution < -0.4 is 0 Å². The Morgan fingerprint density at radius 3 is 2.67 bits per heavy atom. The zero-order chi connectivity index (χ0) is 8.10. The van der Waals surface area contributed by atoms with Crippen molar-refractivity contribution in [3.05, 3.63) is 30.1 Å². The van der Waals surface area contributed by atoms with Gasteiger partial charge in [-0.05, 0) is 12.1 Å². The van der Waals surface area contributed by atoms with Crippen molar-refractivity contribution < 1.29 is 10.2 Å². The first kappa shape index (κ1) is 3.98. The number of hydrogen-bond acceptors (Lipinski definition) is 3. The minimum Gasteiger partial charge on any atom is -0.364 e. The van der Waals surface area contributed by atoms with Crippen LogP contribution in [-0.2, 0) is 0 Å². The van der Waals surface area contributed by atoms with Crippen molar-refractivity contribution in [3.8, 4) is 0 Å². The van der Waals surface area contributed by atoms with Gasteiger partial charge >= 0.3 is 0 Å². The molecule has 0 atom stereocenters. The van der Waals surface area contributed by atoms with Gasteiger partial charge in [0.15, 0.2) is 6.29 Å². The van der Waals surface area contributed by atoms with Crippen LogP contribution >= 0.6 is 0 Å². The number of pyridine rings is 1. The Morgan fingerprint density at radius 2 is 2.11 bits per heavy atom. The quantitative estimate of drug-likeness (QED) is 0.565. The van der Waals surface area contributed by atoms with E-state index in [1.165, 1.54) is 0 Å². The summed E-state index contributed by atoms with van der Waals surface area (Å²) >= 11 is 0. The Balaban J connectivity index is 2.74. The molecule has 2 N–H and O–H groups in total. The summed E-state index contributed by atoms with van der Waals surface area (Å²) in [7, 11) is 0. The minimum atomic E-state index is -0.946. The fourth-order valence-electron chi connectivity index (χ4n) is 0.521. The van der Waals surface area contributed by atoms with Gasteiger partial charge in [0, 0.05) is 18.0 Å². The highest BCUT2D eigenvalue weighted by Crippen LogP contribution is 2.05. The zero-order valence-corrected chi connectivity index (χ0v) is 4.65. The second-order valence-corrected chi connectivity index (χ2v) is 1.61. The lowest BCUT2D eigenvalue weighted by atomic mass is 10.3. The summed E-state index contributed by atoms with van der Waals surface area (Å²) in [5, 5.41) is 8.20. The molecule has 0 aliphatic rings. The van der Waals surface area contributed by atoms with Gasteiger partial charge in [-0.25, -0.2) is 0 Å². The van der Waals surface area contributed by atoms with Crippen molar-refractivity contribution >= 4 is 0 Å². The predicted molar refractivity (Wildman–Crippen MR) is 31.4 cm³/mol. The topological polar surface area (TPSA) is 53.4 Å². The van der Waals surface area contributed by atoms with Gasteiger partial charge in [0.1, 0.15) is 0 Å². The molecule has 0 saturated carbocycles. The van der Waals surface area contributed by atoms with Crippen LogP contribution in [0.3, 0.4) is 0 Å².